The van der Waals surface area contributed by atoms with Gasteiger partial charge in [0.05, 0.1) is 11.9 Å². The second kappa shape index (κ2) is 14.1. The Hall–Kier alpha value is -3.17. The maximum Gasteiger partial charge on any atom is 0.244 e. The summed E-state index contributed by atoms with van der Waals surface area (Å²) in [4.78, 5) is 29.0. The summed E-state index contributed by atoms with van der Waals surface area (Å²) in [6.07, 6.45) is 3.11. The summed E-state index contributed by atoms with van der Waals surface area (Å²) in [5.74, 6) is -0.736. The van der Waals surface area contributed by atoms with Crippen molar-refractivity contribution in [2.75, 3.05) is 23.7 Å². The lowest BCUT2D eigenvalue weighted by Gasteiger charge is -2.33. The highest BCUT2D eigenvalue weighted by molar-refractivity contribution is 9.10. The molecule has 1 atom stereocenters. The van der Waals surface area contributed by atoms with Crippen molar-refractivity contribution in [2.45, 2.75) is 38.8 Å². The van der Waals surface area contributed by atoms with E-state index in [0.717, 1.165) is 34.5 Å². The van der Waals surface area contributed by atoms with Gasteiger partial charge in [-0.1, -0.05) is 86.1 Å². The molecule has 202 valence electrons. The van der Waals surface area contributed by atoms with E-state index in [0.29, 0.717) is 23.1 Å². The van der Waals surface area contributed by atoms with Crippen LogP contribution in [0.15, 0.2) is 89.4 Å². The number of anilines is 1. The standard InChI is InChI=1S/C29H34BrN3O4S/c1-3-4-19-31-29(35)27(20-23-13-7-5-8-14-23)32(21-24-15-9-6-10-16-24)28(34)22-33(38(2,36)37)26-18-12-11-17-25(26)30/h5-18,27H,3-4,19-22H2,1-2H3,(H,31,35)/t27-/m1/s1. The highest BCUT2D eigenvalue weighted by atomic mass is 79.9. The van der Waals surface area contributed by atoms with E-state index in [1.54, 1.807) is 24.3 Å². The monoisotopic (exact) mass is 599 g/mol. The molecule has 9 heteroatoms. The molecule has 0 unspecified atom stereocenters. The molecule has 3 aromatic carbocycles. The first-order valence-corrected chi connectivity index (χ1v) is 15.2. The van der Waals surface area contributed by atoms with Crippen LogP contribution in [-0.2, 0) is 32.6 Å². The van der Waals surface area contributed by atoms with Crippen LogP contribution in [-0.4, -0.2) is 50.5 Å². The predicted octanol–water partition coefficient (Wildman–Crippen LogP) is 4.77. The third-order valence-corrected chi connectivity index (χ3v) is 7.89. The number of para-hydroxylation sites is 1. The van der Waals surface area contributed by atoms with Gasteiger partial charge in [0.25, 0.3) is 0 Å². The first-order chi connectivity index (χ1) is 18.2. The van der Waals surface area contributed by atoms with E-state index in [9.17, 15) is 18.0 Å². The van der Waals surface area contributed by atoms with Crippen LogP contribution in [0.4, 0.5) is 5.69 Å². The van der Waals surface area contributed by atoms with Crippen molar-refractivity contribution >= 4 is 43.5 Å². The van der Waals surface area contributed by atoms with Crippen LogP contribution in [0.25, 0.3) is 0 Å². The van der Waals surface area contributed by atoms with Gasteiger partial charge in [-0.25, -0.2) is 8.42 Å². The number of halogens is 1. The topological polar surface area (TPSA) is 86.8 Å². The number of nitrogens with one attached hydrogen (secondary N) is 1. The van der Waals surface area contributed by atoms with Gasteiger partial charge in [0.2, 0.25) is 21.8 Å². The Kier molecular flexibility index (Phi) is 10.9. The van der Waals surface area contributed by atoms with Crippen molar-refractivity contribution in [3.8, 4) is 0 Å². The summed E-state index contributed by atoms with van der Waals surface area (Å²) >= 11 is 3.41. The van der Waals surface area contributed by atoms with Crippen molar-refractivity contribution in [2.24, 2.45) is 0 Å². The molecular formula is C29H34BrN3O4S. The molecule has 0 aliphatic carbocycles. The Morgan fingerprint density at radius 2 is 1.47 bits per heavy atom. The minimum Gasteiger partial charge on any atom is -0.354 e. The van der Waals surface area contributed by atoms with Gasteiger partial charge >= 0.3 is 0 Å². The molecule has 2 amide bonds. The lowest BCUT2D eigenvalue weighted by molar-refractivity contribution is -0.140. The fourth-order valence-electron chi connectivity index (χ4n) is 4.09. The molecule has 0 aromatic heterocycles. The van der Waals surface area contributed by atoms with E-state index in [2.05, 4.69) is 21.2 Å². The molecule has 0 spiro atoms. The summed E-state index contributed by atoms with van der Waals surface area (Å²) in [5, 5.41) is 2.98. The Bertz CT molecular complexity index is 1300. The maximum absolute atomic E-state index is 14.0. The van der Waals surface area contributed by atoms with E-state index in [1.807, 2.05) is 67.6 Å². The molecular weight excluding hydrogens is 566 g/mol. The second-order valence-corrected chi connectivity index (χ2v) is 11.8. The number of hydrogen-bond donors (Lipinski definition) is 1. The molecule has 0 saturated heterocycles. The summed E-state index contributed by atoms with van der Waals surface area (Å²) in [7, 11) is -3.81. The number of nitrogens with zero attached hydrogens (tertiary/aromatic N) is 2. The number of unbranched alkanes of at least 4 members (excludes halogenated alkanes) is 1. The van der Waals surface area contributed by atoms with Crippen molar-refractivity contribution in [3.05, 3.63) is 101 Å². The minimum absolute atomic E-state index is 0.159. The molecule has 0 heterocycles. The van der Waals surface area contributed by atoms with E-state index in [-0.39, 0.29) is 12.5 Å². The number of rotatable bonds is 13. The van der Waals surface area contributed by atoms with Crippen LogP contribution >= 0.6 is 15.9 Å². The average molecular weight is 601 g/mol. The smallest absolute Gasteiger partial charge is 0.244 e. The van der Waals surface area contributed by atoms with Crippen molar-refractivity contribution < 1.29 is 18.0 Å². The third kappa shape index (κ3) is 8.43. The first-order valence-electron chi connectivity index (χ1n) is 12.6. The molecule has 1 N–H and O–H groups in total. The zero-order chi connectivity index (χ0) is 27.5. The van der Waals surface area contributed by atoms with Crippen LogP contribution in [0, 0.1) is 0 Å². The minimum atomic E-state index is -3.81. The zero-order valence-electron chi connectivity index (χ0n) is 21.7. The Morgan fingerprint density at radius 3 is 2.05 bits per heavy atom. The number of sulfonamides is 1. The highest BCUT2D eigenvalue weighted by Crippen LogP contribution is 2.28. The molecule has 0 aliphatic heterocycles. The van der Waals surface area contributed by atoms with Crippen LogP contribution < -0.4 is 9.62 Å². The van der Waals surface area contributed by atoms with Gasteiger partial charge < -0.3 is 10.2 Å². The van der Waals surface area contributed by atoms with Gasteiger partial charge in [0.1, 0.15) is 12.6 Å². The number of benzene rings is 3. The summed E-state index contributed by atoms with van der Waals surface area (Å²) in [5.41, 5.74) is 2.10. The second-order valence-electron chi connectivity index (χ2n) is 9.08. The summed E-state index contributed by atoms with van der Waals surface area (Å²) in [6.45, 7) is 2.26. The fraction of sp³-hybridized carbons (Fsp3) is 0.310. The maximum atomic E-state index is 14.0. The molecule has 0 saturated carbocycles. The summed E-state index contributed by atoms with van der Waals surface area (Å²) in [6, 6.07) is 24.9. The Balaban J connectivity index is 2.02. The third-order valence-electron chi connectivity index (χ3n) is 6.10. The Labute approximate surface area is 234 Å². The van der Waals surface area contributed by atoms with Crippen LogP contribution in [0.2, 0.25) is 0 Å². The van der Waals surface area contributed by atoms with E-state index in [4.69, 9.17) is 0 Å². The summed E-state index contributed by atoms with van der Waals surface area (Å²) < 4.78 is 27.3. The van der Waals surface area contributed by atoms with Crippen LogP contribution in [0.5, 0.6) is 0 Å². The molecule has 0 aliphatic rings. The van der Waals surface area contributed by atoms with Crippen molar-refractivity contribution in [1.29, 1.82) is 0 Å². The number of carbonyl (C=O) groups excluding carboxylic acids is 2. The van der Waals surface area contributed by atoms with Crippen LogP contribution in [0.1, 0.15) is 30.9 Å². The highest BCUT2D eigenvalue weighted by Gasteiger charge is 2.33. The number of amides is 2. The first kappa shape index (κ1) is 29.4. The molecule has 3 rings (SSSR count). The molecule has 3 aromatic rings. The molecule has 0 fully saturated rings. The van der Waals surface area contributed by atoms with E-state index >= 15 is 0 Å². The van der Waals surface area contributed by atoms with Gasteiger partial charge in [-0.2, -0.15) is 0 Å². The molecule has 38 heavy (non-hydrogen) atoms. The SMILES string of the molecule is CCCCNC(=O)[C@@H](Cc1ccccc1)N(Cc1ccccc1)C(=O)CN(c1ccccc1Br)S(C)(=O)=O. The lowest BCUT2D eigenvalue weighted by Crippen LogP contribution is -2.53. The van der Waals surface area contributed by atoms with Crippen molar-refractivity contribution in [3.63, 3.8) is 0 Å². The Morgan fingerprint density at radius 1 is 0.895 bits per heavy atom. The van der Waals surface area contributed by atoms with Gasteiger partial charge in [-0.05, 0) is 45.6 Å². The quantitative estimate of drug-likeness (QED) is 0.287. The van der Waals surface area contributed by atoms with Crippen molar-refractivity contribution in [1.82, 2.24) is 10.2 Å². The van der Waals surface area contributed by atoms with E-state index < -0.39 is 28.5 Å². The molecule has 0 bridgehead atoms. The van der Waals surface area contributed by atoms with Gasteiger partial charge in [0.15, 0.2) is 0 Å². The predicted molar refractivity (Wildman–Crippen MR) is 155 cm³/mol. The van der Waals surface area contributed by atoms with Crippen LogP contribution in [0.3, 0.4) is 0 Å². The normalized spacial score (nSPS) is 12.0. The van der Waals surface area contributed by atoms with Gasteiger partial charge in [0, 0.05) is 24.0 Å². The van der Waals surface area contributed by atoms with Gasteiger partial charge in [-0.15, -0.1) is 0 Å². The molecule has 7 nitrogen and oxygen atoms in total. The largest absolute Gasteiger partial charge is 0.354 e. The van der Waals surface area contributed by atoms with Gasteiger partial charge in [-0.3, -0.25) is 13.9 Å². The van der Waals surface area contributed by atoms with E-state index in [1.165, 1.54) is 4.90 Å². The number of carbonyl (C=O) groups is 2. The average Bonchev–Trinajstić information content (AvgIpc) is 2.90. The fourth-order valence-corrected chi connectivity index (χ4v) is 5.57. The zero-order valence-corrected chi connectivity index (χ0v) is 24.1. The molecule has 0 radical (unpaired) electrons. The lowest BCUT2D eigenvalue weighted by atomic mass is 10.0. The number of hydrogen-bond acceptors (Lipinski definition) is 4.